The topological polar surface area (TPSA) is 69.7 Å². The highest BCUT2D eigenvalue weighted by atomic mass is 32.2. The zero-order valence-electron chi connectivity index (χ0n) is 13.6. The molecule has 0 spiro atoms. The van der Waals surface area contributed by atoms with Gasteiger partial charge in [0.1, 0.15) is 0 Å². The minimum Gasteiger partial charge on any atom is -0.493 e. The highest BCUT2D eigenvalue weighted by Crippen LogP contribution is 2.28. The van der Waals surface area contributed by atoms with Gasteiger partial charge in [-0.2, -0.15) is 0 Å². The zero-order chi connectivity index (χ0) is 17.7. The molecule has 0 aromatic heterocycles. The summed E-state index contributed by atoms with van der Waals surface area (Å²) in [4.78, 5) is 12.4. The number of carbonyl (C=O) groups is 1. The third-order valence-corrected chi connectivity index (χ3v) is 4.54. The zero-order valence-corrected chi connectivity index (χ0v) is 14.5. The van der Waals surface area contributed by atoms with Crippen molar-refractivity contribution in [3.8, 4) is 11.5 Å². The van der Waals surface area contributed by atoms with Gasteiger partial charge in [-0.05, 0) is 35.9 Å². The van der Waals surface area contributed by atoms with E-state index in [9.17, 15) is 13.2 Å². The SMILES string of the molecule is COc1ccc(/C=C/C(=O)c2ccccc2S(C)(=O)=O)cc1OC. The highest BCUT2D eigenvalue weighted by molar-refractivity contribution is 7.90. The number of hydrogen-bond donors (Lipinski definition) is 0. The molecule has 2 aromatic rings. The Bertz CT molecular complexity index is 882. The molecular formula is C18H18O5S. The summed E-state index contributed by atoms with van der Waals surface area (Å²) in [5.74, 6) is 0.748. The molecule has 0 saturated carbocycles. The van der Waals surface area contributed by atoms with Gasteiger partial charge in [-0.15, -0.1) is 0 Å². The number of hydrogen-bond acceptors (Lipinski definition) is 5. The van der Waals surface area contributed by atoms with Gasteiger partial charge in [-0.1, -0.05) is 24.3 Å². The third-order valence-electron chi connectivity index (χ3n) is 3.39. The maximum absolute atomic E-state index is 12.4. The van der Waals surface area contributed by atoms with E-state index in [1.165, 1.54) is 25.3 Å². The van der Waals surface area contributed by atoms with E-state index in [4.69, 9.17) is 9.47 Å². The highest BCUT2D eigenvalue weighted by Gasteiger charge is 2.16. The summed E-state index contributed by atoms with van der Waals surface area (Å²) < 4.78 is 33.9. The molecule has 0 aliphatic rings. The second-order valence-electron chi connectivity index (χ2n) is 5.08. The number of benzene rings is 2. The van der Waals surface area contributed by atoms with E-state index in [0.29, 0.717) is 11.5 Å². The minimum absolute atomic E-state index is 0.0203. The molecule has 2 rings (SSSR count). The number of methoxy groups -OCH3 is 2. The molecule has 2 aromatic carbocycles. The molecule has 0 bridgehead atoms. The average Bonchev–Trinajstić information content (AvgIpc) is 2.58. The van der Waals surface area contributed by atoms with Crippen molar-refractivity contribution in [3.63, 3.8) is 0 Å². The maximum atomic E-state index is 12.4. The second-order valence-corrected chi connectivity index (χ2v) is 7.06. The van der Waals surface area contributed by atoms with Gasteiger partial charge in [0.05, 0.1) is 19.1 Å². The molecule has 5 nitrogen and oxygen atoms in total. The molecule has 0 radical (unpaired) electrons. The number of sulfone groups is 1. The standard InChI is InChI=1S/C18H18O5S/c1-22-16-11-9-13(12-17(16)23-2)8-10-15(19)14-6-4-5-7-18(14)24(3,20)21/h4-12H,1-3H3/b10-8+. The summed E-state index contributed by atoms with van der Waals surface area (Å²) in [6, 6.07) is 11.4. The largest absolute Gasteiger partial charge is 0.493 e. The van der Waals surface area contributed by atoms with E-state index in [1.54, 1.807) is 43.5 Å². The second kappa shape index (κ2) is 7.31. The molecule has 0 unspecified atom stereocenters. The average molecular weight is 346 g/mol. The van der Waals surface area contributed by atoms with Crippen molar-refractivity contribution in [2.45, 2.75) is 4.90 Å². The first-order chi connectivity index (χ1) is 11.4. The Labute approximate surface area is 141 Å². The van der Waals surface area contributed by atoms with Crippen molar-refractivity contribution >= 4 is 21.7 Å². The first-order valence-electron chi connectivity index (χ1n) is 7.10. The normalized spacial score (nSPS) is 11.5. The number of rotatable bonds is 6. The van der Waals surface area contributed by atoms with Crippen molar-refractivity contribution in [2.24, 2.45) is 0 Å². The first-order valence-corrected chi connectivity index (χ1v) is 8.99. The summed E-state index contributed by atoms with van der Waals surface area (Å²) in [6.45, 7) is 0. The van der Waals surface area contributed by atoms with Crippen molar-refractivity contribution in [2.75, 3.05) is 20.5 Å². The van der Waals surface area contributed by atoms with Crippen LogP contribution in [0.2, 0.25) is 0 Å². The fourth-order valence-corrected chi connectivity index (χ4v) is 3.11. The molecule has 0 saturated heterocycles. The van der Waals surface area contributed by atoms with Crippen molar-refractivity contribution in [3.05, 3.63) is 59.7 Å². The molecule has 6 heteroatoms. The molecule has 0 atom stereocenters. The molecule has 0 amide bonds. The van der Waals surface area contributed by atoms with E-state index in [0.717, 1.165) is 11.8 Å². The van der Waals surface area contributed by atoms with Crippen LogP contribution in [0.5, 0.6) is 11.5 Å². The molecule has 24 heavy (non-hydrogen) atoms. The van der Waals surface area contributed by atoms with Crippen LogP contribution in [-0.4, -0.2) is 34.7 Å². The summed E-state index contributed by atoms with van der Waals surface area (Å²) in [5, 5.41) is 0. The van der Waals surface area contributed by atoms with Crippen molar-refractivity contribution in [1.82, 2.24) is 0 Å². The lowest BCUT2D eigenvalue weighted by Gasteiger charge is -2.07. The minimum atomic E-state index is -3.47. The molecule has 0 heterocycles. The number of allylic oxidation sites excluding steroid dienone is 1. The van der Waals surface area contributed by atoms with Crippen LogP contribution in [0.15, 0.2) is 53.4 Å². The van der Waals surface area contributed by atoms with E-state index in [1.807, 2.05) is 0 Å². The smallest absolute Gasteiger partial charge is 0.187 e. The van der Waals surface area contributed by atoms with Gasteiger partial charge in [-0.25, -0.2) is 8.42 Å². The molecular weight excluding hydrogens is 328 g/mol. The van der Waals surface area contributed by atoms with Gasteiger partial charge in [0.25, 0.3) is 0 Å². The maximum Gasteiger partial charge on any atom is 0.187 e. The Morgan fingerprint density at radius 3 is 2.29 bits per heavy atom. The Morgan fingerprint density at radius 1 is 1.00 bits per heavy atom. The summed E-state index contributed by atoms with van der Waals surface area (Å²) in [6.07, 6.45) is 4.02. The number of carbonyl (C=O) groups excluding carboxylic acids is 1. The van der Waals surface area contributed by atoms with Crippen molar-refractivity contribution < 1.29 is 22.7 Å². The Kier molecular flexibility index (Phi) is 5.41. The van der Waals surface area contributed by atoms with Gasteiger partial charge in [0, 0.05) is 11.8 Å². The molecule has 0 fully saturated rings. The van der Waals surface area contributed by atoms with Gasteiger partial charge >= 0.3 is 0 Å². The lowest BCUT2D eigenvalue weighted by Crippen LogP contribution is -2.06. The van der Waals surface area contributed by atoms with Gasteiger partial charge in [0.15, 0.2) is 27.1 Å². The van der Waals surface area contributed by atoms with Crippen LogP contribution in [0, 0.1) is 0 Å². The quantitative estimate of drug-likeness (QED) is 0.594. The van der Waals surface area contributed by atoms with Gasteiger partial charge in [-0.3, -0.25) is 4.79 Å². The summed E-state index contributed by atoms with van der Waals surface area (Å²) >= 11 is 0. The van der Waals surface area contributed by atoms with E-state index < -0.39 is 9.84 Å². The lowest BCUT2D eigenvalue weighted by molar-refractivity contribution is 0.104. The van der Waals surface area contributed by atoms with E-state index in [2.05, 4.69) is 0 Å². The van der Waals surface area contributed by atoms with Crippen LogP contribution in [0.25, 0.3) is 6.08 Å². The fourth-order valence-electron chi connectivity index (χ4n) is 2.21. The van der Waals surface area contributed by atoms with Crippen LogP contribution >= 0.6 is 0 Å². The molecule has 0 aliphatic carbocycles. The van der Waals surface area contributed by atoms with E-state index in [-0.39, 0.29) is 16.2 Å². The predicted octanol–water partition coefficient (Wildman–Crippen LogP) is 3.00. The van der Waals surface area contributed by atoms with Crippen LogP contribution < -0.4 is 9.47 Å². The fraction of sp³-hybridized carbons (Fsp3) is 0.167. The molecule has 0 N–H and O–H groups in total. The Morgan fingerprint density at radius 2 is 1.67 bits per heavy atom. The van der Waals surface area contributed by atoms with Crippen LogP contribution in [0.3, 0.4) is 0 Å². The van der Waals surface area contributed by atoms with Crippen LogP contribution in [0.4, 0.5) is 0 Å². The number of ketones is 1. The molecule has 0 aliphatic heterocycles. The first kappa shape index (κ1) is 17.7. The number of ether oxygens (including phenoxy) is 2. The summed E-state index contributed by atoms with van der Waals surface area (Å²) in [5.41, 5.74) is 0.884. The van der Waals surface area contributed by atoms with E-state index >= 15 is 0 Å². The Balaban J connectivity index is 2.32. The van der Waals surface area contributed by atoms with Gasteiger partial charge in [0.2, 0.25) is 0 Å². The van der Waals surface area contributed by atoms with Crippen LogP contribution in [0.1, 0.15) is 15.9 Å². The Hall–Kier alpha value is -2.60. The summed E-state index contributed by atoms with van der Waals surface area (Å²) in [7, 11) is -0.405. The predicted molar refractivity (Wildman–Crippen MR) is 92.5 cm³/mol. The monoisotopic (exact) mass is 346 g/mol. The molecule has 126 valence electrons. The lowest BCUT2D eigenvalue weighted by atomic mass is 10.1. The third kappa shape index (κ3) is 4.02. The van der Waals surface area contributed by atoms with Crippen molar-refractivity contribution in [1.29, 1.82) is 0 Å². The van der Waals surface area contributed by atoms with Crippen LogP contribution in [-0.2, 0) is 9.84 Å². The van der Waals surface area contributed by atoms with Gasteiger partial charge < -0.3 is 9.47 Å².